The van der Waals surface area contributed by atoms with Gasteiger partial charge in [-0.2, -0.15) is 0 Å². The number of benzene rings is 2. The minimum Gasteiger partial charge on any atom is -0.497 e. The molecule has 0 heterocycles. The quantitative estimate of drug-likeness (QED) is 0.688. The highest BCUT2D eigenvalue weighted by Crippen LogP contribution is 2.29. The lowest BCUT2D eigenvalue weighted by Crippen LogP contribution is -2.86. The molecule has 0 radical (unpaired) electrons. The van der Waals surface area contributed by atoms with E-state index in [2.05, 4.69) is 12.2 Å². The fraction of sp³-hybridized carbons (Fsp3) is 0.400. The summed E-state index contributed by atoms with van der Waals surface area (Å²) < 4.78 is 16.5. The van der Waals surface area contributed by atoms with Gasteiger partial charge in [0.1, 0.15) is 30.3 Å². The van der Waals surface area contributed by atoms with Crippen LogP contribution >= 0.6 is 0 Å². The van der Waals surface area contributed by atoms with Gasteiger partial charge in [-0.15, -0.1) is 0 Å². The molecule has 0 saturated heterocycles. The molecule has 0 amide bonds. The molecule has 0 aliphatic heterocycles. The highest BCUT2D eigenvalue weighted by Gasteiger charge is 2.18. The molecule has 25 heavy (non-hydrogen) atoms. The number of ether oxygens (including phenoxy) is 3. The molecule has 5 heteroatoms. The Morgan fingerprint density at radius 2 is 1.36 bits per heavy atom. The number of likely N-dealkylation sites (N-methyl/N-ethyl adjacent to an activating group) is 1. The van der Waals surface area contributed by atoms with E-state index in [1.54, 1.807) is 14.2 Å². The van der Waals surface area contributed by atoms with Crippen LogP contribution in [0.1, 0.15) is 24.2 Å². The van der Waals surface area contributed by atoms with Crippen LogP contribution in [0.15, 0.2) is 48.5 Å². The molecule has 0 spiro atoms. The van der Waals surface area contributed by atoms with Gasteiger partial charge in [0.25, 0.3) is 0 Å². The summed E-state index contributed by atoms with van der Waals surface area (Å²) in [6.07, 6.45) is -0.757. The van der Waals surface area contributed by atoms with Crippen LogP contribution in [-0.4, -0.2) is 45.1 Å². The maximum absolute atomic E-state index is 10.1. The smallest absolute Gasteiger partial charge is 0.126 e. The van der Waals surface area contributed by atoms with Gasteiger partial charge in [-0.1, -0.05) is 24.3 Å². The fourth-order valence-corrected chi connectivity index (χ4v) is 2.58. The Hall–Kier alpha value is -2.08. The van der Waals surface area contributed by atoms with Crippen molar-refractivity contribution in [3.63, 3.8) is 0 Å². The molecule has 1 atom stereocenters. The van der Waals surface area contributed by atoms with Gasteiger partial charge in [0, 0.05) is 0 Å². The van der Waals surface area contributed by atoms with Crippen LogP contribution in [0.5, 0.6) is 11.5 Å². The van der Waals surface area contributed by atoms with E-state index in [0.29, 0.717) is 6.54 Å². The molecule has 0 bridgehead atoms. The molecular weight excluding hydrogens is 318 g/mol. The molecule has 0 aliphatic rings. The Morgan fingerprint density at radius 3 is 1.76 bits per heavy atom. The number of aliphatic hydroxyl groups excluding tert-OH is 1. The molecule has 3 N–H and O–H groups in total. The molecule has 2 rings (SSSR count). The first-order valence-corrected chi connectivity index (χ1v) is 8.57. The Labute approximate surface area is 149 Å². The molecule has 0 aromatic heterocycles. The number of nitrogens with two attached hydrogens (primary N) is 1. The number of hydrogen-bond donors (Lipinski definition) is 2. The standard InChI is InChI=1S/C20H27NO4/c1-4-21-13-17(22)14-25-20(15-5-9-18(23-2)10-6-15)16-7-11-19(24-3)12-8-16/h5-12,17,20-22H,4,13-14H2,1-3H3/p+1/t17-/m0/s1. The minimum atomic E-state index is -0.501. The lowest BCUT2D eigenvalue weighted by atomic mass is 10.0. The van der Waals surface area contributed by atoms with Crippen LogP contribution in [0.4, 0.5) is 0 Å². The molecule has 0 unspecified atom stereocenters. The predicted octanol–water partition coefficient (Wildman–Crippen LogP) is 1.75. The fourth-order valence-electron chi connectivity index (χ4n) is 2.58. The number of quaternary nitrogens is 1. The molecule has 0 aliphatic carbocycles. The summed E-state index contributed by atoms with van der Waals surface area (Å²) in [5, 5.41) is 12.2. The van der Waals surface area contributed by atoms with Gasteiger partial charge >= 0.3 is 0 Å². The van der Waals surface area contributed by atoms with Crippen LogP contribution < -0.4 is 14.8 Å². The van der Waals surface area contributed by atoms with Crippen molar-refractivity contribution in [2.45, 2.75) is 19.1 Å². The van der Waals surface area contributed by atoms with Gasteiger partial charge < -0.3 is 24.6 Å². The second-order valence-electron chi connectivity index (χ2n) is 5.85. The van der Waals surface area contributed by atoms with Crippen molar-refractivity contribution >= 4 is 0 Å². The van der Waals surface area contributed by atoms with Gasteiger partial charge in [0.05, 0.1) is 27.4 Å². The first kappa shape index (κ1) is 19.2. The van der Waals surface area contributed by atoms with Crippen LogP contribution in [0.3, 0.4) is 0 Å². The van der Waals surface area contributed by atoms with Gasteiger partial charge in [0.2, 0.25) is 0 Å². The van der Waals surface area contributed by atoms with E-state index >= 15 is 0 Å². The monoisotopic (exact) mass is 346 g/mol. The van der Waals surface area contributed by atoms with Gasteiger partial charge in [-0.25, -0.2) is 0 Å². The van der Waals surface area contributed by atoms with E-state index in [-0.39, 0.29) is 12.7 Å². The van der Waals surface area contributed by atoms with E-state index < -0.39 is 6.10 Å². The third-order valence-corrected chi connectivity index (χ3v) is 4.02. The van der Waals surface area contributed by atoms with Crippen molar-refractivity contribution in [1.82, 2.24) is 0 Å². The SMILES string of the molecule is CC[NH2+]C[C@H](O)COC(c1ccc(OC)cc1)c1ccc(OC)cc1. The summed E-state index contributed by atoms with van der Waals surface area (Å²) in [6.45, 7) is 3.91. The zero-order valence-electron chi connectivity index (χ0n) is 15.1. The van der Waals surface area contributed by atoms with Crippen molar-refractivity contribution in [1.29, 1.82) is 0 Å². The Balaban J connectivity index is 2.17. The third kappa shape index (κ3) is 5.74. The molecule has 5 nitrogen and oxygen atoms in total. The summed E-state index contributed by atoms with van der Waals surface area (Å²) in [7, 11) is 3.29. The van der Waals surface area contributed by atoms with Crippen LogP contribution in [-0.2, 0) is 4.74 Å². The van der Waals surface area contributed by atoms with E-state index in [4.69, 9.17) is 14.2 Å². The summed E-state index contributed by atoms with van der Waals surface area (Å²) in [4.78, 5) is 0. The van der Waals surface area contributed by atoms with E-state index in [9.17, 15) is 5.11 Å². The van der Waals surface area contributed by atoms with Crippen LogP contribution in [0.25, 0.3) is 0 Å². The lowest BCUT2D eigenvalue weighted by Gasteiger charge is -2.21. The van der Waals surface area contributed by atoms with Crippen molar-refractivity contribution in [2.24, 2.45) is 0 Å². The minimum absolute atomic E-state index is 0.256. The number of methoxy groups -OCH3 is 2. The maximum atomic E-state index is 10.1. The Bertz CT molecular complexity index is 565. The Morgan fingerprint density at radius 1 is 0.880 bits per heavy atom. The molecular formula is C20H28NO4+. The summed E-state index contributed by atoms with van der Waals surface area (Å²) in [5.41, 5.74) is 2.02. The molecule has 0 saturated carbocycles. The largest absolute Gasteiger partial charge is 0.497 e. The average molecular weight is 346 g/mol. The van der Waals surface area contributed by atoms with Crippen molar-refractivity contribution in [2.75, 3.05) is 33.9 Å². The van der Waals surface area contributed by atoms with E-state index in [0.717, 1.165) is 29.2 Å². The normalized spacial score (nSPS) is 12.2. The van der Waals surface area contributed by atoms with E-state index in [1.807, 2.05) is 48.5 Å². The highest BCUT2D eigenvalue weighted by molar-refractivity contribution is 5.36. The number of rotatable bonds is 10. The maximum Gasteiger partial charge on any atom is 0.126 e. The first-order chi connectivity index (χ1) is 12.2. The molecule has 2 aromatic rings. The summed E-state index contributed by atoms with van der Waals surface area (Å²) in [6, 6.07) is 15.6. The van der Waals surface area contributed by atoms with E-state index in [1.165, 1.54) is 0 Å². The topological polar surface area (TPSA) is 64.5 Å². The Kier molecular flexibility index (Phi) is 7.73. The zero-order valence-corrected chi connectivity index (χ0v) is 15.1. The first-order valence-electron chi connectivity index (χ1n) is 8.57. The number of aliphatic hydroxyl groups is 1. The molecule has 0 fully saturated rings. The van der Waals surface area contributed by atoms with Gasteiger partial charge in [0.15, 0.2) is 0 Å². The summed E-state index contributed by atoms with van der Waals surface area (Å²) in [5.74, 6) is 1.60. The second kappa shape index (κ2) is 10.0. The van der Waals surface area contributed by atoms with Crippen LogP contribution in [0, 0.1) is 0 Å². The molecule has 2 aromatic carbocycles. The zero-order chi connectivity index (χ0) is 18.1. The predicted molar refractivity (Wildman–Crippen MR) is 97.1 cm³/mol. The van der Waals surface area contributed by atoms with Gasteiger partial charge in [-0.3, -0.25) is 0 Å². The summed E-state index contributed by atoms with van der Waals surface area (Å²) >= 11 is 0. The number of hydrogen-bond acceptors (Lipinski definition) is 4. The average Bonchev–Trinajstić information content (AvgIpc) is 2.67. The van der Waals surface area contributed by atoms with Gasteiger partial charge in [-0.05, 0) is 42.3 Å². The van der Waals surface area contributed by atoms with Crippen molar-refractivity contribution in [3.05, 3.63) is 59.7 Å². The lowest BCUT2D eigenvalue weighted by molar-refractivity contribution is -0.658. The molecule has 136 valence electrons. The van der Waals surface area contributed by atoms with Crippen molar-refractivity contribution < 1.29 is 24.6 Å². The third-order valence-electron chi connectivity index (χ3n) is 4.02. The van der Waals surface area contributed by atoms with Crippen molar-refractivity contribution in [3.8, 4) is 11.5 Å². The van der Waals surface area contributed by atoms with Crippen LogP contribution in [0.2, 0.25) is 0 Å². The second-order valence-corrected chi connectivity index (χ2v) is 5.85. The highest BCUT2D eigenvalue weighted by atomic mass is 16.5.